The Morgan fingerprint density at radius 2 is 1.74 bits per heavy atom. The van der Waals surface area contributed by atoms with Crippen LogP contribution in [0.25, 0.3) is 11.1 Å². The molecule has 3 N–H and O–H groups in total. The molecule has 0 amide bonds. The molecular formula is C17H21NO. The molecule has 0 radical (unpaired) electrons. The summed E-state index contributed by atoms with van der Waals surface area (Å²) in [7, 11) is 0. The monoisotopic (exact) mass is 255 g/mol. The van der Waals surface area contributed by atoms with Gasteiger partial charge in [-0.2, -0.15) is 0 Å². The predicted molar refractivity (Wildman–Crippen MR) is 81.2 cm³/mol. The summed E-state index contributed by atoms with van der Waals surface area (Å²) in [6, 6.07) is 13.9. The molecular weight excluding hydrogens is 234 g/mol. The summed E-state index contributed by atoms with van der Waals surface area (Å²) in [6.07, 6.45) is 4.29. The van der Waals surface area contributed by atoms with Gasteiger partial charge in [0.15, 0.2) is 0 Å². The zero-order chi connectivity index (χ0) is 13.7. The summed E-state index contributed by atoms with van der Waals surface area (Å²) >= 11 is 0. The first-order valence-electron chi connectivity index (χ1n) is 6.89. The average molecular weight is 255 g/mol. The van der Waals surface area contributed by atoms with Crippen LogP contribution in [0, 0.1) is 0 Å². The van der Waals surface area contributed by atoms with Gasteiger partial charge in [0.1, 0.15) is 5.75 Å². The molecule has 2 aromatic rings. The Hall–Kier alpha value is -1.96. The molecule has 100 valence electrons. The molecule has 0 saturated carbocycles. The smallest absolute Gasteiger partial charge is 0.142 e. The minimum absolute atomic E-state index is 0.248. The van der Waals surface area contributed by atoms with Crippen LogP contribution in [0.4, 0.5) is 5.69 Å². The van der Waals surface area contributed by atoms with Crippen molar-refractivity contribution in [3.63, 3.8) is 0 Å². The zero-order valence-corrected chi connectivity index (χ0v) is 11.4. The van der Waals surface area contributed by atoms with Crippen molar-refractivity contribution in [3.05, 3.63) is 48.0 Å². The summed E-state index contributed by atoms with van der Waals surface area (Å²) in [4.78, 5) is 0. The first kappa shape index (κ1) is 13.5. The largest absolute Gasteiger partial charge is 0.505 e. The lowest BCUT2D eigenvalue weighted by Crippen LogP contribution is -1.96. The third-order valence-electron chi connectivity index (χ3n) is 3.43. The Balaban J connectivity index is 2.40. The normalized spacial score (nSPS) is 10.6. The molecule has 0 unspecified atom stereocenters. The van der Waals surface area contributed by atoms with Crippen LogP contribution in [0.2, 0.25) is 0 Å². The molecule has 2 heteroatoms. The maximum absolute atomic E-state index is 10.2. The van der Waals surface area contributed by atoms with Crippen molar-refractivity contribution in [1.29, 1.82) is 0 Å². The third-order valence-corrected chi connectivity index (χ3v) is 3.43. The summed E-state index contributed by atoms with van der Waals surface area (Å²) in [5.74, 6) is 0.248. The van der Waals surface area contributed by atoms with Crippen LogP contribution in [0.1, 0.15) is 31.7 Å². The van der Waals surface area contributed by atoms with E-state index in [1.807, 2.05) is 24.3 Å². The van der Waals surface area contributed by atoms with E-state index >= 15 is 0 Å². The topological polar surface area (TPSA) is 46.2 Å². The highest BCUT2D eigenvalue weighted by Gasteiger charge is 2.12. The minimum atomic E-state index is 0.248. The fourth-order valence-corrected chi connectivity index (χ4v) is 2.35. The van der Waals surface area contributed by atoms with E-state index in [0.29, 0.717) is 5.69 Å². The summed E-state index contributed by atoms with van der Waals surface area (Å²) in [5.41, 5.74) is 9.47. The molecule has 0 spiro atoms. The van der Waals surface area contributed by atoms with E-state index in [9.17, 15) is 5.11 Å². The molecule has 0 aliphatic carbocycles. The summed E-state index contributed by atoms with van der Waals surface area (Å²) < 4.78 is 0. The highest BCUT2D eigenvalue weighted by Crippen LogP contribution is 2.35. The van der Waals surface area contributed by atoms with Crippen LogP contribution in [0.3, 0.4) is 0 Å². The van der Waals surface area contributed by atoms with E-state index < -0.39 is 0 Å². The fraction of sp³-hybridized carbons (Fsp3) is 0.294. The van der Waals surface area contributed by atoms with E-state index in [-0.39, 0.29) is 5.75 Å². The van der Waals surface area contributed by atoms with Crippen molar-refractivity contribution < 1.29 is 5.11 Å². The van der Waals surface area contributed by atoms with Gasteiger partial charge in [-0.25, -0.2) is 0 Å². The Morgan fingerprint density at radius 3 is 2.42 bits per heavy atom. The number of nitrogens with two attached hydrogens (primary N) is 1. The quantitative estimate of drug-likeness (QED) is 0.473. The Labute approximate surface area is 114 Å². The number of anilines is 1. The van der Waals surface area contributed by atoms with E-state index in [1.54, 1.807) is 6.07 Å². The van der Waals surface area contributed by atoms with Gasteiger partial charge in [0, 0.05) is 5.56 Å². The van der Waals surface area contributed by atoms with Crippen molar-refractivity contribution in [2.24, 2.45) is 0 Å². The molecule has 2 nitrogen and oxygen atoms in total. The number of phenolic OH excluding ortho intramolecular Hbond substituents is 1. The zero-order valence-electron chi connectivity index (χ0n) is 11.4. The molecule has 0 fully saturated rings. The van der Waals surface area contributed by atoms with Crippen LogP contribution >= 0.6 is 0 Å². The first-order chi connectivity index (χ1) is 9.24. The number of rotatable bonds is 5. The Kier molecular flexibility index (Phi) is 4.45. The lowest BCUT2D eigenvalue weighted by atomic mass is 9.94. The van der Waals surface area contributed by atoms with Gasteiger partial charge in [0.05, 0.1) is 5.69 Å². The van der Waals surface area contributed by atoms with Gasteiger partial charge in [0.25, 0.3) is 0 Å². The van der Waals surface area contributed by atoms with Crippen molar-refractivity contribution in [1.82, 2.24) is 0 Å². The molecule has 2 rings (SSSR count). The maximum Gasteiger partial charge on any atom is 0.142 e. The van der Waals surface area contributed by atoms with Gasteiger partial charge in [-0.1, -0.05) is 56.2 Å². The molecule has 0 bridgehead atoms. The van der Waals surface area contributed by atoms with Gasteiger partial charge < -0.3 is 10.8 Å². The molecule has 0 saturated heterocycles. The minimum Gasteiger partial charge on any atom is -0.505 e. The number of hydrogen-bond acceptors (Lipinski definition) is 2. The average Bonchev–Trinajstić information content (AvgIpc) is 2.45. The van der Waals surface area contributed by atoms with Gasteiger partial charge >= 0.3 is 0 Å². The molecule has 0 aromatic heterocycles. The second-order valence-electron chi connectivity index (χ2n) is 4.85. The van der Waals surface area contributed by atoms with Crippen LogP contribution in [-0.2, 0) is 6.42 Å². The van der Waals surface area contributed by atoms with E-state index in [2.05, 4.69) is 19.1 Å². The lowest BCUT2D eigenvalue weighted by molar-refractivity contribution is 0.469. The number of benzene rings is 2. The van der Waals surface area contributed by atoms with E-state index in [4.69, 9.17) is 5.73 Å². The van der Waals surface area contributed by atoms with Gasteiger partial charge in [-0.15, -0.1) is 0 Å². The van der Waals surface area contributed by atoms with E-state index in [0.717, 1.165) is 29.5 Å². The molecule has 19 heavy (non-hydrogen) atoms. The van der Waals surface area contributed by atoms with Crippen molar-refractivity contribution in [2.45, 2.75) is 32.6 Å². The van der Waals surface area contributed by atoms with Gasteiger partial charge in [0.2, 0.25) is 0 Å². The van der Waals surface area contributed by atoms with Gasteiger partial charge in [-0.05, 0) is 30.0 Å². The Bertz CT molecular complexity index is 534. The number of hydrogen-bond donors (Lipinski definition) is 2. The second-order valence-corrected chi connectivity index (χ2v) is 4.85. The van der Waals surface area contributed by atoms with Crippen LogP contribution in [0.15, 0.2) is 42.5 Å². The molecule has 0 heterocycles. The van der Waals surface area contributed by atoms with Crippen LogP contribution < -0.4 is 5.73 Å². The van der Waals surface area contributed by atoms with Crippen molar-refractivity contribution in [2.75, 3.05) is 5.73 Å². The van der Waals surface area contributed by atoms with Gasteiger partial charge in [-0.3, -0.25) is 0 Å². The number of nitrogen functional groups attached to an aromatic ring is 1. The summed E-state index contributed by atoms with van der Waals surface area (Å²) in [6.45, 7) is 2.18. The first-order valence-corrected chi connectivity index (χ1v) is 6.89. The predicted octanol–water partition coefficient (Wildman–Crippen LogP) is 4.37. The third kappa shape index (κ3) is 3.08. The van der Waals surface area contributed by atoms with Crippen LogP contribution in [0.5, 0.6) is 5.75 Å². The summed E-state index contributed by atoms with van der Waals surface area (Å²) in [5, 5.41) is 10.2. The van der Waals surface area contributed by atoms with Crippen LogP contribution in [-0.4, -0.2) is 5.11 Å². The molecule has 0 aliphatic heterocycles. The number of unbranched alkanes of at least 4 members (excludes halogenated alkanes) is 2. The Morgan fingerprint density at radius 1 is 1.00 bits per heavy atom. The van der Waals surface area contributed by atoms with E-state index in [1.165, 1.54) is 12.8 Å². The number of aromatic hydroxyl groups is 1. The second kappa shape index (κ2) is 6.28. The molecule has 0 aliphatic rings. The highest BCUT2D eigenvalue weighted by molar-refractivity contribution is 5.74. The SMILES string of the molecule is CCCCCc1c(-c2ccccc2)ccc(N)c1O. The lowest BCUT2D eigenvalue weighted by Gasteiger charge is -2.13. The molecule has 2 aromatic carbocycles. The maximum atomic E-state index is 10.2. The van der Waals surface area contributed by atoms with Crippen molar-refractivity contribution >= 4 is 5.69 Å². The standard InChI is InChI=1S/C17H21NO/c1-2-3-5-10-15-14(11-12-16(18)17(15)19)13-8-6-4-7-9-13/h4,6-9,11-12,19H,2-3,5,10,18H2,1H3. The number of phenols is 1. The van der Waals surface area contributed by atoms with Crippen molar-refractivity contribution in [3.8, 4) is 16.9 Å². The highest BCUT2D eigenvalue weighted by atomic mass is 16.3. The fourth-order valence-electron chi connectivity index (χ4n) is 2.35. The molecule has 0 atom stereocenters.